The molecule has 3 N–H and O–H groups in total. The molecule has 2 heterocycles. The van der Waals surface area contributed by atoms with Gasteiger partial charge in [-0.05, 0) is 27.2 Å². The van der Waals surface area contributed by atoms with Gasteiger partial charge >= 0.3 is 6.09 Å². The highest BCUT2D eigenvalue weighted by Gasteiger charge is 2.53. The minimum atomic E-state index is -0.776. The fraction of sp³-hybridized carbons (Fsp3) is 0.786. The van der Waals surface area contributed by atoms with E-state index in [9.17, 15) is 19.5 Å². The Balaban J connectivity index is 2.05. The van der Waals surface area contributed by atoms with Crippen LogP contribution in [0.2, 0.25) is 0 Å². The minimum Gasteiger partial charge on any atom is -0.444 e. The number of rotatable bonds is 2. The quantitative estimate of drug-likeness (QED) is 0.628. The average Bonchev–Trinajstić information content (AvgIpc) is 2.87. The molecule has 8 nitrogen and oxygen atoms in total. The number of alkyl carbamates (subject to hydrolysis) is 1. The number of nitrogens with zero attached hydrogens (tertiary/aromatic N) is 1. The molecule has 0 spiro atoms. The van der Waals surface area contributed by atoms with E-state index in [1.165, 1.54) is 11.9 Å². The molecule has 0 aromatic carbocycles. The van der Waals surface area contributed by atoms with Gasteiger partial charge in [-0.2, -0.15) is 0 Å². The second-order valence-electron chi connectivity index (χ2n) is 6.68. The maximum atomic E-state index is 12.4. The number of nitrogens with one attached hydrogen (secondary N) is 2. The van der Waals surface area contributed by atoms with Crippen LogP contribution in [0.4, 0.5) is 4.79 Å². The molecule has 2 aliphatic rings. The first-order valence-corrected chi connectivity index (χ1v) is 7.35. The normalized spacial score (nSPS) is 31.0. The molecular weight excluding hydrogens is 290 g/mol. The van der Waals surface area contributed by atoms with Crippen LogP contribution in [0.15, 0.2) is 0 Å². The average molecular weight is 313 g/mol. The monoisotopic (exact) mass is 313 g/mol. The molecule has 2 saturated heterocycles. The first-order valence-electron chi connectivity index (χ1n) is 7.35. The lowest BCUT2D eigenvalue weighted by Gasteiger charge is -2.23. The van der Waals surface area contributed by atoms with Crippen LogP contribution in [-0.2, 0) is 14.3 Å². The lowest BCUT2D eigenvalue weighted by atomic mass is 10.0. The van der Waals surface area contributed by atoms with Crippen molar-refractivity contribution in [2.45, 2.75) is 63.4 Å². The topological polar surface area (TPSA) is 108 Å². The third kappa shape index (κ3) is 3.16. The molecule has 22 heavy (non-hydrogen) atoms. The summed E-state index contributed by atoms with van der Waals surface area (Å²) < 4.78 is 5.13. The summed E-state index contributed by atoms with van der Waals surface area (Å²) in [5.74, 6) is -0.672. The number of carbonyl (C=O) groups is 3. The number of likely N-dealkylation sites (N-methyl/N-ethyl adjacent to an activating group) is 1. The van der Waals surface area contributed by atoms with E-state index in [0.29, 0.717) is 0 Å². The third-order valence-electron chi connectivity index (χ3n) is 3.87. The zero-order valence-electron chi connectivity index (χ0n) is 13.3. The molecule has 2 fully saturated rings. The van der Waals surface area contributed by atoms with Crippen molar-refractivity contribution in [1.29, 1.82) is 0 Å². The maximum Gasteiger partial charge on any atom is 0.408 e. The molecule has 2 aliphatic heterocycles. The van der Waals surface area contributed by atoms with Crippen LogP contribution in [0, 0.1) is 0 Å². The predicted molar refractivity (Wildman–Crippen MR) is 76.9 cm³/mol. The fourth-order valence-electron chi connectivity index (χ4n) is 3.00. The van der Waals surface area contributed by atoms with E-state index >= 15 is 0 Å². The van der Waals surface area contributed by atoms with Crippen LogP contribution in [0.5, 0.6) is 0 Å². The van der Waals surface area contributed by atoms with Crippen molar-refractivity contribution in [2.75, 3.05) is 7.05 Å². The summed E-state index contributed by atoms with van der Waals surface area (Å²) in [4.78, 5) is 37.4. The number of amides is 3. The summed E-state index contributed by atoms with van der Waals surface area (Å²) in [6.07, 6.45) is -0.961. The van der Waals surface area contributed by atoms with E-state index in [2.05, 4.69) is 10.6 Å². The van der Waals surface area contributed by atoms with Crippen molar-refractivity contribution in [1.82, 2.24) is 15.5 Å². The molecular formula is C14H23N3O5. The maximum absolute atomic E-state index is 12.4. The highest BCUT2D eigenvalue weighted by Crippen LogP contribution is 2.34. The Bertz CT molecular complexity index is 487. The summed E-state index contributed by atoms with van der Waals surface area (Å²) in [5, 5.41) is 15.1. The number of ether oxygens (including phenoxy) is 1. The molecule has 0 saturated carbocycles. The van der Waals surface area contributed by atoms with Crippen LogP contribution in [0.25, 0.3) is 0 Å². The second-order valence-corrected chi connectivity index (χ2v) is 6.68. The molecule has 124 valence electrons. The summed E-state index contributed by atoms with van der Waals surface area (Å²) in [6.45, 7) is 5.19. The lowest BCUT2D eigenvalue weighted by Crippen LogP contribution is -2.49. The van der Waals surface area contributed by atoms with Gasteiger partial charge in [0.1, 0.15) is 17.7 Å². The van der Waals surface area contributed by atoms with Gasteiger partial charge in [-0.1, -0.05) is 0 Å². The molecule has 8 heteroatoms. The number of carbonyl (C=O) groups excluding carboxylic acids is 3. The van der Waals surface area contributed by atoms with E-state index in [-0.39, 0.29) is 24.7 Å². The van der Waals surface area contributed by atoms with Crippen LogP contribution < -0.4 is 10.6 Å². The first kappa shape index (κ1) is 16.5. The summed E-state index contributed by atoms with van der Waals surface area (Å²) in [5.41, 5.74) is -0.661. The highest BCUT2D eigenvalue weighted by molar-refractivity contribution is 5.94. The Hall–Kier alpha value is -1.83. The number of aliphatic hydroxyl groups is 1. The summed E-state index contributed by atoms with van der Waals surface area (Å²) in [6, 6.07) is -1.92. The number of fused-ring (bicyclic) bond motifs is 1. The van der Waals surface area contributed by atoms with E-state index in [1.54, 1.807) is 20.8 Å². The van der Waals surface area contributed by atoms with Gasteiger partial charge in [-0.3, -0.25) is 9.59 Å². The number of aliphatic hydroxyl groups excluding tert-OH is 1. The Morgan fingerprint density at radius 2 is 1.95 bits per heavy atom. The van der Waals surface area contributed by atoms with E-state index in [0.717, 1.165) is 0 Å². The van der Waals surface area contributed by atoms with Crippen molar-refractivity contribution < 1.29 is 24.2 Å². The van der Waals surface area contributed by atoms with Gasteiger partial charge < -0.3 is 25.4 Å². The second kappa shape index (κ2) is 5.75. The van der Waals surface area contributed by atoms with E-state index in [4.69, 9.17) is 4.74 Å². The standard InChI is InChI=1S/C14H23N3O5/c1-14(2,3)22-13(21)16-7-5-8-10(18)6-9(11(19)15-4)17(8)12(7)20/h7-10,18H,5-6H2,1-4H3,(H,15,19)(H,16,21)/t7-,8-,9-,10+/m0/s1. The Labute approximate surface area is 129 Å². The molecule has 0 aliphatic carbocycles. The molecule has 2 rings (SSSR count). The van der Waals surface area contributed by atoms with Gasteiger partial charge in [-0.25, -0.2) is 4.79 Å². The molecule has 0 bridgehead atoms. The largest absolute Gasteiger partial charge is 0.444 e. The van der Waals surface area contributed by atoms with Gasteiger partial charge in [0.15, 0.2) is 0 Å². The molecule has 0 aromatic heterocycles. The van der Waals surface area contributed by atoms with Crippen molar-refractivity contribution in [3.05, 3.63) is 0 Å². The third-order valence-corrected chi connectivity index (χ3v) is 3.87. The zero-order valence-corrected chi connectivity index (χ0v) is 13.3. The fourth-order valence-corrected chi connectivity index (χ4v) is 3.00. The van der Waals surface area contributed by atoms with Gasteiger partial charge in [0, 0.05) is 13.5 Å². The van der Waals surface area contributed by atoms with Gasteiger partial charge in [0.2, 0.25) is 11.8 Å². The van der Waals surface area contributed by atoms with Gasteiger partial charge in [0.05, 0.1) is 12.1 Å². The van der Waals surface area contributed by atoms with Crippen LogP contribution in [0.1, 0.15) is 33.6 Å². The highest BCUT2D eigenvalue weighted by atomic mass is 16.6. The SMILES string of the molecule is CNC(=O)[C@@H]1C[C@@H](O)[C@@H]2C[C@H](NC(=O)OC(C)(C)C)C(=O)N12. The molecule has 0 aromatic rings. The van der Waals surface area contributed by atoms with Gasteiger partial charge in [0.25, 0.3) is 0 Å². The molecule has 3 amide bonds. The van der Waals surface area contributed by atoms with Crippen molar-refractivity contribution in [3.63, 3.8) is 0 Å². The van der Waals surface area contributed by atoms with Crippen molar-refractivity contribution in [3.8, 4) is 0 Å². The Morgan fingerprint density at radius 3 is 2.50 bits per heavy atom. The lowest BCUT2D eigenvalue weighted by molar-refractivity contribution is -0.137. The van der Waals surface area contributed by atoms with Crippen molar-refractivity contribution in [2.24, 2.45) is 0 Å². The number of hydrogen-bond donors (Lipinski definition) is 3. The number of hydrogen-bond acceptors (Lipinski definition) is 5. The van der Waals surface area contributed by atoms with Crippen molar-refractivity contribution >= 4 is 17.9 Å². The van der Waals surface area contributed by atoms with E-state index in [1.807, 2.05) is 0 Å². The van der Waals surface area contributed by atoms with Crippen LogP contribution in [-0.4, -0.2) is 64.8 Å². The van der Waals surface area contributed by atoms with Crippen LogP contribution in [0.3, 0.4) is 0 Å². The van der Waals surface area contributed by atoms with Gasteiger partial charge in [-0.15, -0.1) is 0 Å². The molecule has 4 atom stereocenters. The Kier molecular flexibility index (Phi) is 4.32. The molecule has 0 radical (unpaired) electrons. The minimum absolute atomic E-state index is 0.217. The molecule has 0 unspecified atom stereocenters. The van der Waals surface area contributed by atoms with E-state index < -0.39 is 35.9 Å². The Morgan fingerprint density at radius 1 is 1.32 bits per heavy atom. The first-order chi connectivity index (χ1) is 10.1. The smallest absolute Gasteiger partial charge is 0.408 e. The zero-order chi connectivity index (χ0) is 16.7. The summed E-state index contributed by atoms with van der Waals surface area (Å²) >= 11 is 0. The summed E-state index contributed by atoms with van der Waals surface area (Å²) in [7, 11) is 1.49. The predicted octanol–water partition coefficient (Wildman–Crippen LogP) is -0.640. The van der Waals surface area contributed by atoms with Crippen LogP contribution >= 0.6 is 0 Å².